The number of hydrogen-bond acceptors (Lipinski definition) is 4. The maximum absolute atomic E-state index is 12.8. The van der Waals surface area contributed by atoms with E-state index in [1.165, 1.54) is 0 Å². The van der Waals surface area contributed by atoms with Gasteiger partial charge in [0.15, 0.2) is 0 Å². The van der Waals surface area contributed by atoms with Gasteiger partial charge in [0, 0.05) is 30.0 Å². The lowest BCUT2D eigenvalue weighted by molar-refractivity contribution is 0.0381. The van der Waals surface area contributed by atoms with E-state index in [1.807, 2.05) is 12.2 Å². The Balaban J connectivity index is 1.92. The summed E-state index contributed by atoms with van der Waals surface area (Å²) in [7, 11) is 0. The summed E-state index contributed by atoms with van der Waals surface area (Å²) in [6.07, 6.45) is 5.61. The van der Waals surface area contributed by atoms with Gasteiger partial charge in [0.25, 0.3) is 6.43 Å². The zero-order chi connectivity index (χ0) is 16.6. The molecular formula is C16H16F2N4S. The van der Waals surface area contributed by atoms with Crippen LogP contribution in [0.2, 0.25) is 0 Å². The van der Waals surface area contributed by atoms with Gasteiger partial charge in [-0.15, -0.1) is 0 Å². The second kappa shape index (κ2) is 5.95. The van der Waals surface area contributed by atoms with Gasteiger partial charge in [0.1, 0.15) is 4.99 Å². The first kappa shape index (κ1) is 16.0. The highest BCUT2D eigenvalue weighted by Crippen LogP contribution is 2.44. The lowest BCUT2D eigenvalue weighted by Crippen LogP contribution is -2.51. The Morgan fingerprint density at radius 1 is 1.43 bits per heavy atom. The van der Waals surface area contributed by atoms with E-state index >= 15 is 0 Å². The summed E-state index contributed by atoms with van der Waals surface area (Å²) >= 11 is 4.97. The fourth-order valence-corrected chi connectivity index (χ4v) is 3.66. The van der Waals surface area contributed by atoms with Gasteiger partial charge in [0.2, 0.25) is 0 Å². The minimum atomic E-state index is -2.38. The lowest BCUT2D eigenvalue weighted by atomic mass is 9.71. The monoisotopic (exact) mass is 334 g/mol. The number of aromatic nitrogens is 1. The first-order valence-corrected chi connectivity index (χ1v) is 7.75. The number of alkyl halides is 2. The molecule has 1 aromatic rings. The van der Waals surface area contributed by atoms with Crippen LogP contribution in [-0.4, -0.2) is 39.9 Å². The number of piperidine rings is 1. The molecule has 4 nitrogen and oxygen atoms in total. The van der Waals surface area contributed by atoms with E-state index in [9.17, 15) is 14.0 Å². The highest BCUT2D eigenvalue weighted by molar-refractivity contribution is 7.80. The van der Waals surface area contributed by atoms with Crippen molar-refractivity contribution < 1.29 is 8.78 Å². The van der Waals surface area contributed by atoms with Crippen molar-refractivity contribution in [1.82, 2.24) is 9.88 Å². The summed E-state index contributed by atoms with van der Waals surface area (Å²) in [5.41, 5.74) is 6.25. The Morgan fingerprint density at radius 2 is 2.09 bits per heavy atom. The maximum Gasteiger partial charge on any atom is 0.251 e. The second-order valence-corrected chi connectivity index (χ2v) is 6.48. The Hall–Kier alpha value is -1.91. The molecule has 1 fully saturated rings. The smallest absolute Gasteiger partial charge is 0.251 e. The first-order valence-electron chi connectivity index (χ1n) is 7.34. The topological polar surface area (TPSA) is 65.9 Å². The Kier molecular flexibility index (Phi) is 4.13. The molecule has 0 amide bonds. The third-order valence-electron chi connectivity index (χ3n) is 4.66. The van der Waals surface area contributed by atoms with Crippen molar-refractivity contribution in [2.45, 2.75) is 36.8 Å². The second-order valence-electron chi connectivity index (χ2n) is 6.04. The zero-order valence-electron chi connectivity index (χ0n) is 12.3. The average Bonchev–Trinajstić information content (AvgIpc) is 2.77. The van der Waals surface area contributed by atoms with Crippen LogP contribution in [0.25, 0.3) is 0 Å². The molecule has 1 saturated heterocycles. The summed E-state index contributed by atoms with van der Waals surface area (Å²) < 4.78 is 25.5. The first-order chi connectivity index (χ1) is 10.9. The van der Waals surface area contributed by atoms with Gasteiger partial charge in [-0.25, -0.2) is 8.78 Å². The number of rotatable bonds is 4. The van der Waals surface area contributed by atoms with Crippen LogP contribution in [0.15, 0.2) is 30.6 Å². The zero-order valence-corrected chi connectivity index (χ0v) is 13.1. The predicted molar refractivity (Wildman–Crippen MR) is 86.1 cm³/mol. The number of fused-ring (bicyclic) bond motifs is 2. The van der Waals surface area contributed by atoms with E-state index in [2.05, 4.69) is 11.1 Å². The SMILES string of the molecule is N#CC1(c2cncc(C(N)=S)c2)CC2C=CC(C1)N2CC(F)F. The largest absolute Gasteiger partial charge is 0.389 e. The summed E-state index contributed by atoms with van der Waals surface area (Å²) in [6, 6.07) is 3.88. The number of nitriles is 1. The van der Waals surface area contributed by atoms with Gasteiger partial charge in [-0.1, -0.05) is 24.4 Å². The van der Waals surface area contributed by atoms with Crippen LogP contribution >= 0.6 is 12.2 Å². The van der Waals surface area contributed by atoms with E-state index in [0.717, 1.165) is 5.56 Å². The molecule has 0 spiro atoms. The Morgan fingerprint density at radius 3 is 2.61 bits per heavy atom. The molecule has 7 heteroatoms. The summed E-state index contributed by atoms with van der Waals surface area (Å²) in [6.45, 7) is -0.269. The van der Waals surface area contributed by atoms with Gasteiger partial charge in [-0.2, -0.15) is 5.26 Å². The number of thiocarbonyl (C=S) groups is 1. The average molecular weight is 334 g/mol. The van der Waals surface area contributed by atoms with Crippen LogP contribution in [0.5, 0.6) is 0 Å². The molecule has 2 N–H and O–H groups in total. The molecule has 0 aliphatic carbocycles. The molecule has 2 bridgehead atoms. The molecule has 3 heterocycles. The van der Waals surface area contributed by atoms with Crippen LogP contribution in [0.1, 0.15) is 24.0 Å². The number of pyridine rings is 1. The number of hydrogen-bond donors (Lipinski definition) is 1. The fraction of sp³-hybridized carbons (Fsp3) is 0.438. The van der Waals surface area contributed by atoms with Gasteiger partial charge in [-0.3, -0.25) is 9.88 Å². The lowest BCUT2D eigenvalue weighted by Gasteiger charge is -2.43. The van der Waals surface area contributed by atoms with E-state index in [4.69, 9.17) is 18.0 Å². The van der Waals surface area contributed by atoms with Crippen molar-refractivity contribution >= 4 is 17.2 Å². The molecule has 2 unspecified atom stereocenters. The number of nitrogens with two attached hydrogens (primary N) is 1. The van der Waals surface area contributed by atoms with Crippen molar-refractivity contribution in [3.63, 3.8) is 0 Å². The molecular weight excluding hydrogens is 318 g/mol. The summed E-state index contributed by atoms with van der Waals surface area (Å²) in [5, 5.41) is 9.82. The minimum absolute atomic E-state index is 0.157. The molecule has 0 radical (unpaired) electrons. The van der Waals surface area contributed by atoms with Crippen LogP contribution in [0.4, 0.5) is 8.78 Å². The van der Waals surface area contributed by atoms with E-state index in [-0.39, 0.29) is 23.6 Å². The molecule has 0 aromatic carbocycles. The van der Waals surface area contributed by atoms with Gasteiger partial charge in [0.05, 0.1) is 18.0 Å². The van der Waals surface area contributed by atoms with Crippen molar-refractivity contribution in [3.05, 3.63) is 41.7 Å². The number of halogens is 2. The van der Waals surface area contributed by atoms with Crippen molar-refractivity contribution in [3.8, 4) is 6.07 Å². The number of nitrogens with zero attached hydrogens (tertiary/aromatic N) is 3. The molecule has 1 aromatic heterocycles. The normalized spacial score (nSPS) is 29.7. The Bertz CT molecular complexity index is 682. The highest BCUT2D eigenvalue weighted by atomic mass is 32.1. The van der Waals surface area contributed by atoms with Crippen molar-refractivity contribution in [1.29, 1.82) is 5.26 Å². The molecule has 3 rings (SSSR count). The molecule has 120 valence electrons. The Labute approximate surface area is 138 Å². The summed E-state index contributed by atoms with van der Waals surface area (Å²) in [4.78, 5) is 6.13. The maximum atomic E-state index is 12.8. The third-order valence-corrected chi connectivity index (χ3v) is 4.90. The van der Waals surface area contributed by atoms with E-state index in [0.29, 0.717) is 18.4 Å². The van der Waals surface area contributed by atoms with E-state index < -0.39 is 11.8 Å². The molecule has 2 atom stereocenters. The fourth-order valence-electron chi connectivity index (χ4n) is 3.55. The highest BCUT2D eigenvalue weighted by Gasteiger charge is 2.48. The predicted octanol–water partition coefficient (Wildman–Crippen LogP) is 2.15. The standard InChI is InChI=1S/C16H16F2N4S/c17-14(18)8-22-12-1-2-13(22)5-16(4-12,9-19)11-3-10(15(20)23)6-21-7-11/h1-3,6-7,12-14H,4-5,8H2,(H2,20,23). The molecule has 0 saturated carbocycles. The third kappa shape index (κ3) is 2.84. The van der Waals surface area contributed by atoms with Crippen LogP contribution in [-0.2, 0) is 5.41 Å². The van der Waals surface area contributed by atoms with Crippen LogP contribution in [0.3, 0.4) is 0 Å². The van der Waals surface area contributed by atoms with Crippen LogP contribution < -0.4 is 5.73 Å². The quantitative estimate of drug-likeness (QED) is 0.675. The van der Waals surface area contributed by atoms with Gasteiger partial charge in [-0.05, 0) is 24.5 Å². The van der Waals surface area contributed by atoms with Gasteiger partial charge >= 0.3 is 0 Å². The molecule has 23 heavy (non-hydrogen) atoms. The summed E-state index contributed by atoms with van der Waals surface area (Å²) in [5.74, 6) is 0. The van der Waals surface area contributed by atoms with Gasteiger partial charge < -0.3 is 5.73 Å². The van der Waals surface area contributed by atoms with E-state index in [1.54, 1.807) is 23.4 Å². The van der Waals surface area contributed by atoms with Crippen LogP contribution in [0, 0.1) is 11.3 Å². The van der Waals surface area contributed by atoms with Crippen molar-refractivity contribution in [2.75, 3.05) is 6.54 Å². The van der Waals surface area contributed by atoms with Crippen molar-refractivity contribution in [2.24, 2.45) is 5.73 Å². The molecule has 2 aliphatic rings. The molecule has 2 aliphatic heterocycles. The minimum Gasteiger partial charge on any atom is -0.389 e.